The van der Waals surface area contributed by atoms with Crippen LogP contribution in [0.5, 0.6) is 0 Å². The second kappa shape index (κ2) is 6.28. The summed E-state index contributed by atoms with van der Waals surface area (Å²) in [7, 11) is 0. The maximum Gasteiger partial charge on any atom is 0.0555 e. The monoisotopic (exact) mass is 252 g/mol. The van der Waals surface area contributed by atoms with Crippen LogP contribution in [0.1, 0.15) is 17.2 Å². The SMILES string of the molecule is CSC1c2ccccc2NC1CCNCCO. The van der Waals surface area contributed by atoms with Crippen LogP contribution in [0.15, 0.2) is 24.3 Å². The Balaban J connectivity index is 1.93. The number of nitrogens with one attached hydrogen (secondary N) is 2. The quantitative estimate of drug-likeness (QED) is 0.676. The van der Waals surface area contributed by atoms with Gasteiger partial charge in [0.2, 0.25) is 0 Å². The lowest BCUT2D eigenvalue weighted by molar-refractivity contribution is 0.291. The molecule has 1 aliphatic heterocycles. The van der Waals surface area contributed by atoms with Gasteiger partial charge < -0.3 is 15.7 Å². The zero-order chi connectivity index (χ0) is 12.1. The zero-order valence-electron chi connectivity index (χ0n) is 10.1. The van der Waals surface area contributed by atoms with Crippen LogP contribution >= 0.6 is 11.8 Å². The minimum absolute atomic E-state index is 0.213. The van der Waals surface area contributed by atoms with Gasteiger partial charge in [0.1, 0.15) is 0 Å². The van der Waals surface area contributed by atoms with E-state index in [1.54, 1.807) is 0 Å². The first-order valence-electron chi connectivity index (χ1n) is 6.06. The highest BCUT2D eigenvalue weighted by Crippen LogP contribution is 2.42. The number of anilines is 1. The van der Waals surface area contributed by atoms with Crippen molar-refractivity contribution in [3.8, 4) is 0 Å². The molecular weight excluding hydrogens is 232 g/mol. The summed E-state index contributed by atoms with van der Waals surface area (Å²) in [6, 6.07) is 9.05. The number of aliphatic hydroxyl groups excluding tert-OH is 1. The van der Waals surface area contributed by atoms with E-state index in [4.69, 9.17) is 5.11 Å². The maximum absolute atomic E-state index is 8.72. The number of fused-ring (bicyclic) bond motifs is 1. The Hall–Kier alpha value is -0.710. The Morgan fingerprint density at radius 3 is 2.94 bits per heavy atom. The zero-order valence-corrected chi connectivity index (χ0v) is 11.0. The van der Waals surface area contributed by atoms with Gasteiger partial charge in [-0.25, -0.2) is 0 Å². The van der Waals surface area contributed by atoms with Gasteiger partial charge in [-0.15, -0.1) is 0 Å². The van der Waals surface area contributed by atoms with E-state index >= 15 is 0 Å². The fraction of sp³-hybridized carbons (Fsp3) is 0.538. The molecule has 0 aromatic heterocycles. The molecule has 0 radical (unpaired) electrons. The molecule has 0 spiro atoms. The van der Waals surface area contributed by atoms with Gasteiger partial charge in [-0.3, -0.25) is 0 Å². The standard InChI is InChI=1S/C13H20N2OS/c1-17-13-10-4-2-3-5-11(10)15-12(13)6-7-14-8-9-16/h2-5,12-16H,6-9H2,1H3. The largest absolute Gasteiger partial charge is 0.395 e. The van der Waals surface area contributed by atoms with Gasteiger partial charge in [-0.1, -0.05) is 18.2 Å². The molecule has 0 bridgehead atoms. The molecule has 3 nitrogen and oxygen atoms in total. The molecule has 0 aliphatic carbocycles. The molecule has 2 rings (SSSR count). The Bertz CT molecular complexity index is 359. The van der Waals surface area contributed by atoms with Gasteiger partial charge in [0, 0.05) is 18.3 Å². The highest BCUT2D eigenvalue weighted by atomic mass is 32.2. The molecule has 17 heavy (non-hydrogen) atoms. The maximum atomic E-state index is 8.72. The third kappa shape index (κ3) is 2.94. The molecule has 1 aromatic rings. The van der Waals surface area contributed by atoms with Crippen molar-refractivity contribution in [1.82, 2.24) is 5.32 Å². The molecule has 0 saturated carbocycles. The van der Waals surface area contributed by atoms with Gasteiger partial charge in [0.15, 0.2) is 0 Å². The van der Waals surface area contributed by atoms with Crippen LogP contribution in [0.3, 0.4) is 0 Å². The van der Waals surface area contributed by atoms with Gasteiger partial charge in [-0.05, 0) is 30.9 Å². The van der Waals surface area contributed by atoms with E-state index in [0.29, 0.717) is 17.8 Å². The molecule has 0 fully saturated rings. The topological polar surface area (TPSA) is 44.3 Å². The van der Waals surface area contributed by atoms with Crippen LogP contribution in [0.4, 0.5) is 5.69 Å². The molecule has 4 heteroatoms. The van der Waals surface area contributed by atoms with E-state index in [2.05, 4.69) is 41.2 Å². The van der Waals surface area contributed by atoms with Crippen molar-refractivity contribution < 1.29 is 5.11 Å². The number of hydrogen-bond donors (Lipinski definition) is 3. The first kappa shape index (κ1) is 12.7. The summed E-state index contributed by atoms with van der Waals surface area (Å²) in [5, 5.41) is 16.1. The summed E-state index contributed by atoms with van der Waals surface area (Å²) in [4.78, 5) is 0. The summed E-state index contributed by atoms with van der Waals surface area (Å²) >= 11 is 1.91. The Morgan fingerprint density at radius 1 is 1.35 bits per heavy atom. The van der Waals surface area contributed by atoms with Crippen LogP contribution in [-0.2, 0) is 0 Å². The number of rotatable bonds is 6. The molecule has 2 unspecified atom stereocenters. The van der Waals surface area contributed by atoms with Crippen LogP contribution in [0, 0.1) is 0 Å². The number of aliphatic hydroxyl groups is 1. The van der Waals surface area contributed by atoms with Crippen molar-refractivity contribution in [3.05, 3.63) is 29.8 Å². The minimum atomic E-state index is 0.213. The van der Waals surface area contributed by atoms with Gasteiger partial charge in [0.05, 0.1) is 11.9 Å². The number of benzene rings is 1. The Morgan fingerprint density at radius 2 is 2.18 bits per heavy atom. The van der Waals surface area contributed by atoms with Crippen molar-refractivity contribution in [2.45, 2.75) is 17.7 Å². The summed E-state index contributed by atoms with van der Waals surface area (Å²) in [5.74, 6) is 0. The van der Waals surface area contributed by atoms with Crippen molar-refractivity contribution in [2.24, 2.45) is 0 Å². The third-order valence-electron chi connectivity index (χ3n) is 3.15. The van der Waals surface area contributed by atoms with Crippen molar-refractivity contribution in [3.63, 3.8) is 0 Å². The third-order valence-corrected chi connectivity index (χ3v) is 4.24. The second-order valence-electron chi connectivity index (χ2n) is 4.26. The highest BCUT2D eigenvalue weighted by molar-refractivity contribution is 7.98. The number of hydrogen-bond acceptors (Lipinski definition) is 4. The summed E-state index contributed by atoms with van der Waals surface area (Å²) in [5.41, 5.74) is 2.70. The van der Waals surface area contributed by atoms with Crippen LogP contribution in [0.25, 0.3) is 0 Å². The predicted octanol–water partition coefficient (Wildman–Crippen LogP) is 1.86. The van der Waals surface area contributed by atoms with Gasteiger partial charge in [0.25, 0.3) is 0 Å². The highest BCUT2D eigenvalue weighted by Gasteiger charge is 2.30. The summed E-state index contributed by atoms with van der Waals surface area (Å²) in [6.07, 6.45) is 3.25. The second-order valence-corrected chi connectivity index (χ2v) is 5.24. The van der Waals surface area contributed by atoms with Gasteiger partial charge in [-0.2, -0.15) is 11.8 Å². The molecule has 0 saturated heterocycles. The minimum Gasteiger partial charge on any atom is -0.395 e. The van der Waals surface area contributed by atoms with E-state index in [-0.39, 0.29) is 6.61 Å². The Kier molecular flexibility index (Phi) is 4.71. The van der Waals surface area contributed by atoms with E-state index in [0.717, 1.165) is 13.0 Å². The van der Waals surface area contributed by atoms with E-state index in [1.165, 1.54) is 11.3 Å². The molecule has 1 aliphatic rings. The van der Waals surface area contributed by atoms with Crippen molar-refractivity contribution in [2.75, 3.05) is 31.3 Å². The molecule has 2 atom stereocenters. The van der Waals surface area contributed by atoms with Gasteiger partial charge >= 0.3 is 0 Å². The van der Waals surface area contributed by atoms with Crippen molar-refractivity contribution >= 4 is 17.4 Å². The average Bonchev–Trinajstić information content (AvgIpc) is 2.72. The number of para-hydroxylation sites is 1. The molecule has 0 amide bonds. The van der Waals surface area contributed by atoms with E-state index in [9.17, 15) is 0 Å². The van der Waals surface area contributed by atoms with E-state index in [1.807, 2.05) is 11.8 Å². The molecular formula is C13H20N2OS. The molecule has 1 aromatic carbocycles. The van der Waals surface area contributed by atoms with E-state index < -0.39 is 0 Å². The molecule has 3 N–H and O–H groups in total. The van der Waals surface area contributed by atoms with Crippen molar-refractivity contribution in [1.29, 1.82) is 0 Å². The Labute approximate surface area is 107 Å². The molecule has 94 valence electrons. The smallest absolute Gasteiger partial charge is 0.0555 e. The lowest BCUT2D eigenvalue weighted by atomic mass is 10.1. The molecule has 1 heterocycles. The van der Waals surface area contributed by atoms with Crippen LogP contribution < -0.4 is 10.6 Å². The lowest BCUT2D eigenvalue weighted by Gasteiger charge is -2.18. The summed E-state index contributed by atoms with van der Waals surface area (Å²) < 4.78 is 0. The van der Waals surface area contributed by atoms with Crippen LogP contribution in [-0.4, -0.2) is 37.1 Å². The predicted molar refractivity (Wildman–Crippen MR) is 74.7 cm³/mol. The average molecular weight is 252 g/mol. The first-order valence-corrected chi connectivity index (χ1v) is 7.35. The number of thioether (sulfide) groups is 1. The van der Waals surface area contributed by atoms with Crippen LogP contribution in [0.2, 0.25) is 0 Å². The normalized spacial score (nSPS) is 22.2. The fourth-order valence-electron chi connectivity index (χ4n) is 2.35. The summed E-state index contributed by atoms with van der Waals surface area (Å²) in [6.45, 7) is 1.84. The fourth-order valence-corrected chi connectivity index (χ4v) is 3.34. The first-order chi connectivity index (χ1) is 8.36. The lowest BCUT2D eigenvalue weighted by Crippen LogP contribution is -2.27.